The second-order valence-electron chi connectivity index (χ2n) is 6.82. The molecule has 0 atom stereocenters. The van der Waals surface area contributed by atoms with Crippen molar-refractivity contribution in [1.29, 1.82) is 0 Å². The Balaban J connectivity index is 1.52. The van der Waals surface area contributed by atoms with Crippen molar-refractivity contribution < 1.29 is 17.9 Å². The predicted octanol–water partition coefficient (Wildman–Crippen LogP) is 4.73. The molecule has 0 aliphatic carbocycles. The van der Waals surface area contributed by atoms with Gasteiger partial charge in [0.1, 0.15) is 22.2 Å². The molecule has 0 saturated carbocycles. The summed E-state index contributed by atoms with van der Waals surface area (Å²) >= 11 is 3.31. The number of nitrogens with zero attached hydrogens (tertiary/aromatic N) is 4. The summed E-state index contributed by atoms with van der Waals surface area (Å²) in [6.45, 7) is 3.90. The fourth-order valence-electron chi connectivity index (χ4n) is 2.99. The summed E-state index contributed by atoms with van der Waals surface area (Å²) in [4.78, 5) is 8.68. The Labute approximate surface area is 199 Å². The molecule has 9 nitrogen and oxygen atoms in total. The molecule has 0 aliphatic heterocycles. The number of sulfonamides is 1. The first-order chi connectivity index (χ1) is 15.8. The van der Waals surface area contributed by atoms with E-state index in [1.165, 1.54) is 6.07 Å². The van der Waals surface area contributed by atoms with Crippen LogP contribution in [0.4, 0.5) is 5.69 Å². The first kappa shape index (κ1) is 22.7. The van der Waals surface area contributed by atoms with Crippen molar-refractivity contribution in [1.82, 2.24) is 19.7 Å². The third-order valence-electron chi connectivity index (χ3n) is 4.36. The number of halogens is 1. The van der Waals surface area contributed by atoms with Crippen LogP contribution in [-0.2, 0) is 10.0 Å². The summed E-state index contributed by atoms with van der Waals surface area (Å²) in [6.07, 6.45) is 3.43. The lowest BCUT2D eigenvalue weighted by molar-refractivity contribution is 0.331. The van der Waals surface area contributed by atoms with Gasteiger partial charge in [0.2, 0.25) is 5.88 Å². The van der Waals surface area contributed by atoms with E-state index in [4.69, 9.17) is 9.47 Å². The maximum Gasteiger partial charge on any atom is 0.265 e. The van der Waals surface area contributed by atoms with Crippen molar-refractivity contribution in [3.05, 3.63) is 77.3 Å². The van der Waals surface area contributed by atoms with Gasteiger partial charge < -0.3 is 9.47 Å². The lowest BCUT2D eigenvalue weighted by Crippen LogP contribution is -2.14. The highest BCUT2D eigenvalue weighted by Crippen LogP contribution is 2.30. The zero-order chi connectivity index (χ0) is 23.4. The van der Waals surface area contributed by atoms with Crippen LogP contribution in [0.3, 0.4) is 0 Å². The molecule has 0 saturated heterocycles. The van der Waals surface area contributed by atoms with Gasteiger partial charge in [-0.05, 0) is 62.4 Å². The maximum atomic E-state index is 12.9. The highest BCUT2D eigenvalue weighted by atomic mass is 79.9. The van der Waals surface area contributed by atoms with E-state index in [0.29, 0.717) is 40.0 Å². The Morgan fingerprint density at radius 3 is 2.58 bits per heavy atom. The van der Waals surface area contributed by atoms with Gasteiger partial charge in [-0.2, -0.15) is 10.1 Å². The summed E-state index contributed by atoms with van der Waals surface area (Å²) in [5.41, 5.74) is 0.376. The second-order valence-corrected chi connectivity index (χ2v) is 9.38. The smallest absolute Gasteiger partial charge is 0.265 e. The van der Waals surface area contributed by atoms with Crippen LogP contribution in [-0.4, -0.2) is 34.8 Å². The molecular weight excluding hydrogens is 510 g/mol. The van der Waals surface area contributed by atoms with Crippen molar-refractivity contribution in [2.75, 3.05) is 11.3 Å². The summed E-state index contributed by atoms with van der Waals surface area (Å²) in [6, 6.07) is 14.8. The van der Waals surface area contributed by atoms with Crippen molar-refractivity contribution in [2.24, 2.45) is 0 Å². The van der Waals surface area contributed by atoms with E-state index < -0.39 is 10.0 Å². The SMILES string of the molecule is CCOc1ccc(Br)cc1S(=O)(=O)Nc1ccc(Oc2cc(-n3cccn3)nc(C)n2)cc1. The average Bonchev–Trinajstić information content (AvgIpc) is 3.31. The lowest BCUT2D eigenvalue weighted by Gasteiger charge is -2.13. The molecule has 0 radical (unpaired) electrons. The Hall–Kier alpha value is -3.44. The van der Waals surface area contributed by atoms with Crippen LogP contribution in [0.2, 0.25) is 0 Å². The first-order valence-electron chi connectivity index (χ1n) is 9.93. The van der Waals surface area contributed by atoms with Gasteiger partial charge >= 0.3 is 0 Å². The summed E-state index contributed by atoms with van der Waals surface area (Å²) in [5.74, 6) is 2.21. The fourth-order valence-corrected chi connectivity index (χ4v) is 4.73. The number of aromatic nitrogens is 4. The molecule has 2 heterocycles. The van der Waals surface area contributed by atoms with Crippen LogP contribution in [0.5, 0.6) is 17.4 Å². The molecule has 4 rings (SSSR count). The molecule has 2 aromatic carbocycles. The number of nitrogens with one attached hydrogen (secondary N) is 1. The molecular formula is C22H20BrN5O4S. The zero-order valence-corrected chi connectivity index (χ0v) is 20.2. The summed E-state index contributed by atoms with van der Waals surface area (Å²) in [5, 5.41) is 4.16. The van der Waals surface area contributed by atoms with Crippen LogP contribution >= 0.6 is 15.9 Å². The van der Waals surface area contributed by atoms with E-state index in [0.717, 1.165) is 0 Å². The van der Waals surface area contributed by atoms with Crippen LogP contribution in [0.15, 0.2) is 76.4 Å². The van der Waals surface area contributed by atoms with Gasteiger partial charge in [-0.15, -0.1) is 0 Å². The van der Waals surface area contributed by atoms with Gasteiger partial charge in [0.15, 0.2) is 5.82 Å². The van der Waals surface area contributed by atoms with Gasteiger partial charge in [-0.1, -0.05) is 15.9 Å². The molecule has 0 aliphatic rings. The predicted molar refractivity (Wildman–Crippen MR) is 127 cm³/mol. The van der Waals surface area contributed by atoms with Crippen LogP contribution in [0.25, 0.3) is 5.82 Å². The Morgan fingerprint density at radius 1 is 1.09 bits per heavy atom. The van der Waals surface area contributed by atoms with E-state index in [9.17, 15) is 8.42 Å². The highest BCUT2D eigenvalue weighted by molar-refractivity contribution is 9.10. The average molecular weight is 530 g/mol. The molecule has 1 N–H and O–H groups in total. The number of hydrogen-bond acceptors (Lipinski definition) is 7. The van der Waals surface area contributed by atoms with E-state index >= 15 is 0 Å². The monoisotopic (exact) mass is 529 g/mol. The lowest BCUT2D eigenvalue weighted by atomic mass is 10.3. The topological polar surface area (TPSA) is 108 Å². The van der Waals surface area contributed by atoms with Gasteiger partial charge in [0, 0.05) is 28.6 Å². The standard InChI is InChI=1S/C22H20BrN5O4S/c1-3-31-19-10-5-16(23)13-20(19)33(29,30)27-17-6-8-18(9-7-17)32-22-14-21(25-15(2)26-22)28-12-4-11-24-28/h4-14,27H,3H2,1-2H3. The van der Waals surface area contributed by atoms with Crippen molar-refractivity contribution in [3.63, 3.8) is 0 Å². The Bertz CT molecular complexity index is 1360. The normalized spacial score (nSPS) is 11.2. The van der Waals surface area contributed by atoms with E-state index in [2.05, 4.69) is 35.7 Å². The maximum absolute atomic E-state index is 12.9. The minimum atomic E-state index is -3.87. The van der Waals surface area contributed by atoms with Gasteiger partial charge in [-0.25, -0.2) is 18.1 Å². The molecule has 0 spiro atoms. The van der Waals surface area contributed by atoms with E-state index in [-0.39, 0.29) is 10.6 Å². The van der Waals surface area contributed by atoms with Crippen LogP contribution < -0.4 is 14.2 Å². The van der Waals surface area contributed by atoms with E-state index in [1.54, 1.807) is 79.5 Å². The summed E-state index contributed by atoms with van der Waals surface area (Å²) in [7, 11) is -3.87. The zero-order valence-electron chi connectivity index (χ0n) is 17.8. The molecule has 170 valence electrons. The van der Waals surface area contributed by atoms with Gasteiger partial charge in [0.05, 0.1) is 6.61 Å². The molecule has 33 heavy (non-hydrogen) atoms. The minimum Gasteiger partial charge on any atom is -0.492 e. The number of aryl methyl sites for hydroxylation is 1. The summed E-state index contributed by atoms with van der Waals surface area (Å²) < 4.78 is 42.0. The molecule has 0 bridgehead atoms. The van der Waals surface area contributed by atoms with Crippen molar-refractivity contribution in [2.45, 2.75) is 18.7 Å². The van der Waals surface area contributed by atoms with Crippen molar-refractivity contribution >= 4 is 31.6 Å². The molecule has 4 aromatic rings. The van der Waals surface area contributed by atoms with Crippen molar-refractivity contribution in [3.8, 4) is 23.2 Å². The quantitative estimate of drug-likeness (QED) is 0.351. The minimum absolute atomic E-state index is 0.0432. The number of anilines is 1. The highest BCUT2D eigenvalue weighted by Gasteiger charge is 2.20. The van der Waals surface area contributed by atoms with Gasteiger partial charge in [0.25, 0.3) is 10.0 Å². The number of rotatable bonds is 8. The second kappa shape index (κ2) is 9.59. The fraction of sp³-hybridized carbons (Fsp3) is 0.136. The molecule has 2 aromatic heterocycles. The molecule has 0 unspecified atom stereocenters. The number of ether oxygens (including phenoxy) is 2. The Morgan fingerprint density at radius 2 is 1.88 bits per heavy atom. The van der Waals surface area contributed by atoms with Crippen LogP contribution in [0, 0.1) is 6.92 Å². The third kappa shape index (κ3) is 5.49. The van der Waals surface area contributed by atoms with Crippen LogP contribution in [0.1, 0.15) is 12.7 Å². The number of hydrogen-bond donors (Lipinski definition) is 1. The van der Waals surface area contributed by atoms with Gasteiger partial charge in [-0.3, -0.25) is 4.72 Å². The molecule has 11 heteroatoms. The molecule has 0 fully saturated rings. The first-order valence-corrected chi connectivity index (χ1v) is 12.2. The molecule has 0 amide bonds. The largest absolute Gasteiger partial charge is 0.492 e. The van der Waals surface area contributed by atoms with E-state index in [1.807, 2.05) is 0 Å². The third-order valence-corrected chi connectivity index (χ3v) is 6.26. The number of benzene rings is 2. The Kier molecular flexibility index (Phi) is 6.61.